The third-order valence-corrected chi connectivity index (χ3v) is 9.14. The molecule has 4 aliphatic rings. The van der Waals surface area contributed by atoms with E-state index in [1.807, 2.05) is 0 Å². The number of benzene rings is 1. The van der Waals surface area contributed by atoms with Gasteiger partial charge in [-0.3, -0.25) is 24.2 Å². The van der Waals surface area contributed by atoms with Gasteiger partial charge in [-0.05, 0) is 58.0 Å². The van der Waals surface area contributed by atoms with Crippen LogP contribution in [0, 0.1) is 0 Å². The Balaban J connectivity index is 1.29. The Bertz CT molecular complexity index is 1530. The Morgan fingerprint density at radius 3 is 2.33 bits per heavy atom. The first-order valence-electron chi connectivity index (χ1n) is 13.2. The number of rotatable bonds is 10. The first-order chi connectivity index (χ1) is 21.2. The average molecular weight is 707 g/mol. The maximum atomic E-state index is 13.4. The number of aliphatic hydroxyl groups is 1. The van der Waals surface area contributed by atoms with E-state index in [1.165, 1.54) is 0 Å². The number of esters is 3. The molecule has 0 spiro atoms. The van der Waals surface area contributed by atoms with Crippen molar-refractivity contribution in [3.8, 4) is 0 Å². The lowest BCUT2D eigenvalue weighted by Gasteiger charge is -2.43. The molecule has 45 heavy (non-hydrogen) atoms. The summed E-state index contributed by atoms with van der Waals surface area (Å²) in [5.74, 6) is -5.55. The summed E-state index contributed by atoms with van der Waals surface area (Å²) in [6.07, 6.45) is 0.0771. The number of alkyl halides is 4. The van der Waals surface area contributed by atoms with Gasteiger partial charge in [-0.25, -0.2) is 14.4 Å². The lowest BCUT2D eigenvalue weighted by Crippen LogP contribution is -2.69. The number of hydrogen-bond acceptors (Lipinski definition) is 11. The van der Waals surface area contributed by atoms with E-state index in [-0.39, 0.29) is 30.6 Å². The highest BCUT2D eigenvalue weighted by Gasteiger charge is 2.62. The van der Waals surface area contributed by atoms with Crippen molar-refractivity contribution in [1.29, 1.82) is 0 Å². The Hall–Kier alpha value is -3.56. The molecule has 1 aromatic rings. The Kier molecular flexibility index (Phi) is 8.99. The summed E-state index contributed by atoms with van der Waals surface area (Å²) < 4.78 is 14.2. The first kappa shape index (κ1) is 32.8. The molecule has 4 atom stereocenters. The van der Waals surface area contributed by atoms with Gasteiger partial charge in [0.2, 0.25) is 11.8 Å². The van der Waals surface area contributed by atoms with E-state index in [1.54, 1.807) is 30.3 Å². The number of β-lactam (4-membered cyclic amide) rings is 2. The van der Waals surface area contributed by atoms with Gasteiger partial charge >= 0.3 is 26.9 Å². The fourth-order valence-electron chi connectivity index (χ4n) is 5.28. The molecule has 1 aromatic carbocycles. The fourth-order valence-corrected chi connectivity index (χ4v) is 5.73. The quantitative estimate of drug-likeness (QED) is 0.153. The van der Waals surface area contributed by atoms with Crippen LogP contribution in [0.4, 0.5) is 0 Å². The van der Waals surface area contributed by atoms with Gasteiger partial charge in [-0.1, -0.05) is 30.3 Å². The minimum Gasteiger partial charge on any atom is -0.472 e. The number of ether oxygens (including phenoxy) is 4. The molecule has 5 rings (SSSR count). The molecule has 4 aliphatic heterocycles. The van der Waals surface area contributed by atoms with Crippen LogP contribution in [0.5, 0.6) is 0 Å². The Labute approximate surface area is 274 Å². The van der Waals surface area contributed by atoms with Gasteiger partial charge in [-0.15, -0.1) is 0 Å². The zero-order valence-corrected chi connectivity index (χ0v) is 26.1. The molecule has 3 saturated heterocycles. The van der Waals surface area contributed by atoms with E-state index in [0.29, 0.717) is 5.56 Å². The number of carbonyl (C=O) groups is 6. The van der Waals surface area contributed by atoms with Crippen LogP contribution >= 0.6 is 46.4 Å². The van der Waals surface area contributed by atoms with Gasteiger partial charge in [0.1, 0.15) is 17.5 Å². The summed E-state index contributed by atoms with van der Waals surface area (Å²) in [6.45, 7) is -0.543. The molecule has 18 heteroatoms. The van der Waals surface area contributed by atoms with Crippen LogP contribution in [0.15, 0.2) is 53.4 Å². The highest BCUT2D eigenvalue weighted by Crippen LogP contribution is 2.48. The minimum atomic E-state index is -3.06. The molecule has 2 N–H and O–H groups in total. The maximum Gasteiger partial charge on any atom is 0.358 e. The van der Waals surface area contributed by atoms with Crippen LogP contribution in [0.1, 0.15) is 18.4 Å². The van der Waals surface area contributed by atoms with E-state index in [4.69, 9.17) is 65.4 Å². The summed E-state index contributed by atoms with van der Waals surface area (Å²) in [5.41, 5.74) is -0.189. The first-order valence-corrected chi connectivity index (χ1v) is 14.7. The molecule has 3 fully saturated rings. The highest BCUT2D eigenvalue weighted by molar-refractivity contribution is 6.61. The van der Waals surface area contributed by atoms with Gasteiger partial charge in [0.15, 0.2) is 12.3 Å². The number of hydrogen-bond donors (Lipinski definition) is 2. The molecule has 0 bridgehead atoms. The molecule has 0 radical (unpaired) electrons. The van der Waals surface area contributed by atoms with Gasteiger partial charge in [0, 0.05) is 6.42 Å². The Morgan fingerprint density at radius 2 is 1.71 bits per heavy atom. The smallest absolute Gasteiger partial charge is 0.358 e. The number of fused-ring (bicyclic) bond motifs is 2. The van der Waals surface area contributed by atoms with Crippen molar-refractivity contribution >= 4 is 82.0 Å². The van der Waals surface area contributed by atoms with Crippen LogP contribution < -0.4 is 5.32 Å². The molecule has 4 heterocycles. The monoisotopic (exact) mass is 705 g/mol. The van der Waals surface area contributed by atoms with Crippen LogP contribution in [-0.2, 0) is 54.1 Å². The van der Waals surface area contributed by atoms with E-state index in [9.17, 15) is 33.9 Å². The average Bonchev–Trinajstić information content (AvgIpc) is 3.49. The third kappa shape index (κ3) is 5.92. The van der Waals surface area contributed by atoms with E-state index >= 15 is 0 Å². The van der Waals surface area contributed by atoms with Gasteiger partial charge in [-0.2, -0.15) is 0 Å². The van der Waals surface area contributed by atoms with Crippen LogP contribution in [0.2, 0.25) is 0 Å². The van der Waals surface area contributed by atoms with E-state index in [2.05, 4.69) is 5.32 Å². The van der Waals surface area contributed by atoms with E-state index < -0.39 is 81.3 Å². The second kappa shape index (κ2) is 12.3. The van der Waals surface area contributed by atoms with Crippen molar-refractivity contribution < 1.29 is 52.8 Å². The summed E-state index contributed by atoms with van der Waals surface area (Å²) in [4.78, 5) is 78.7. The normalized spacial score (nSPS) is 24.7. The highest BCUT2D eigenvalue weighted by atomic mass is 35.5. The maximum absolute atomic E-state index is 13.4. The summed E-state index contributed by atoms with van der Waals surface area (Å²) in [5, 5.41) is 11.9. The molecular formula is C27H23Cl4N3O11. The van der Waals surface area contributed by atoms with Gasteiger partial charge in [0.05, 0.1) is 38.2 Å². The third-order valence-electron chi connectivity index (χ3n) is 7.38. The number of nitrogens with zero attached hydrogens (tertiary/aromatic N) is 2. The number of halogens is 4. The largest absolute Gasteiger partial charge is 0.472 e. The van der Waals surface area contributed by atoms with Crippen LogP contribution in [-0.4, -0.2) is 97.6 Å². The summed E-state index contributed by atoms with van der Waals surface area (Å²) in [6, 6.07) is 5.32. The second-order valence-corrected chi connectivity index (χ2v) is 12.6. The summed E-state index contributed by atoms with van der Waals surface area (Å²) in [7, 11) is 1.05. The predicted octanol–water partition coefficient (Wildman–Crippen LogP) is 0.938. The number of amides is 3. The van der Waals surface area contributed by atoms with Gasteiger partial charge < -0.3 is 29.4 Å². The molecule has 0 unspecified atom stereocenters. The molecule has 0 aliphatic carbocycles. The van der Waals surface area contributed by atoms with Crippen molar-refractivity contribution in [2.45, 2.75) is 52.7 Å². The lowest BCUT2D eigenvalue weighted by molar-refractivity contribution is -0.172. The molecule has 240 valence electrons. The van der Waals surface area contributed by atoms with Crippen molar-refractivity contribution in [3.63, 3.8) is 0 Å². The number of methoxy groups -OCH3 is 1. The molecule has 3 amide bonds. The zero-order chi connectivity index (χ0) is 32.8. The number of aliphatic hydroxyl groups excluding tert-OH is 1. The van der Waals surface area contributed by atoms with Crippen molar-refractivity contribution in [2.75, 3.05) is 13.7 Å². The van der Waals surface area contributed by atoms with E-state index in [0.717, 1.165) is 23.0 Å². The number of nitrogens with one attached hydrogen (secondary N) is 1. The SMILES string of the molecule is COC(=O)C1=C(C(=O)OC(Cl)(Cl)C(Cl)(Cl)OC(=O)[C@H]2/C(=C/CO)O[C@@H]3CC(=O)N32)N2C(=O)[C@@H](NC(=O)Cc3ccccc3)[C@H]2C1. The summed E-state index contributed by atoms with van der Waals surface area (Å²) >= 11 is 24.6. The topological polar surface area (TPSA) is 178 Å². The van der Waals surface area contributed by atoms with Crippen molar-refractivity contribution in [2.24, 2.45) is 0 Å². The molecule has 14 nitrogen and oxygen atoms in total. The fraction of sp³-hybridized carbons (Fsp3) is 0.407. The zero-order valence-electron chi connectivity index (χ0n) is 23.0. The second-order valence-electron chi connectivity index (χ2n) is 10.1. The minimum absolute atomic E-state index is 0.0202. The molecule has 0 aromatic heterocycles. The predicted molar refractivity (Wildman–Crippen MR) is 153 cm³/mol. The van der Waals surface area contributed by atoms with Crippen LogP contribution in [0.3, 0.4) is 0 Å². The van der Waals surface area contributed by atoms with Gasteiger partial charge in [0.25, 0.3) is 5.91 Å². The lowest BCUT2D eigenvalue weighted by atomic mass is 9.93. The van der Waals surface area contributed by atoms with Crippen molar-refractivity contribution in [1.82, 2.24) is 15.1 Å². The van der Waals surface area contributed by atoms with Crippen LogP contribution in [0.25, 0.3) is 0 Å². The molecule has 0 saturated carbocycles. The Morgan fingerprint density at radius 1 is 1.04 bits per heavy atom. The van der Waals surface area contributed by atoms with Crippen molar-refractivity contribution in [3.05, 3.63) is 59.0 Å². The standard InChI is InChI=1S/C27H23Cl4N3O11/c1-42-23(39)13-10-14-19(32-16(36)9-12-5-3-2-4-6-12)22(38)33(14)20(13)24(40)44-26(28,29)27(30,31)45-25(41)21-15(7-8-35)43-18-11-17(37)34(18)21/h2-7,14,18-19,21,35H,8-11H2,1H3,(H,32,36)/b15-7-/t14-,18-,19+,21-/m1/s1. The number of carbonyl (C=O) groups excluding carboxylic acids is 6. The molecular weight excluding hydrogens is 684 g/mol.